The summed E-state index contributed by atoms with van der Waals surface area (Å²) < 4.78 is 35.4. The summed E-state index contributed by atoms with van der Waals surface area (Å²) in [6.45, 7) is 0.115. The van der Waals surface area contributed by atoms with E-state index >= 15 is 0 Å². The average Bonchev–Trinajstić information content (AvgIpc) is 3.03. The second kappa shape index (κ2) is 6.50. The number of rotatable bonds is 3. The van der Waals surface area contributed by atoms with Crippen LogP contribution in [0.25, 0.3) is 6.08 Å². The van der Waals surface area contributed by atoms with E-state index in [1.54, 1.807) is 24.3 Å². The van der Waals surface area contributed by atoms with Crippen molar-refractivity contribution in [3.05, 3.63) is 58.5 Å². The van der Waals surface area contributed by atoms with Gasteiger partial charge in [-0.05, 0) is 41.5 Å². The zero-order valence-corrected chi connectivity index (χ0v) is 15.2. The Kier molecular flexibility index (Phi) is 4.27. The highest BCUT2D eigenvalue weighted by atomic mass is 32.2. The summed E-state index contributed by atoms with van der Waals surface area (Å²) >= 11 is 6.41. The van der Waals surface area contributed by atoms with Gasteiger partial charge in [-0.3, -0.25) is 9.69 Å². The molecule has 0 aliphatic carbocycles. The lowest BCUT2D eigenvalue weighted by Gasteiger charge is -2.14. The van der Waals surface area contributed by atoms with Gasteiger partial charge in [0.05, 0.1) is 11.4 Å². The summed E-state index contributed by atoms with van der Waals surface area (Å²) in [6, 6.07) is 10.8. The molecule has 0 atom stereocenters. The molecule has 9 heteroatoms. The van der Waals surface area contributed by atoms with Gasteiger partial charge in [0.15, 0.2) is 11.5 Å². The lowest BCUT2D eigenvalue weighted by atomic mass is 10.2. The second-order valence-electron chi connectivity index (χ2n) is 5.81. The number of fused-ring (bicyclic) bond motifs is 1. The van der Waals surface area contributed by atoms with Crippen molar-refractivity contribution >= 4 is 40.3 Å². The Labute approximate surface area is 162 Å². The molecular formula is C18H11F2NO4S2. The largest absolute Gasteiger partial charge is 0.586 e. The number of alkyl halides is 2. The number of hydrogen-bond acceptors (Lipinski definition) is 6. The van der Waals surface area contributed by atoms with E-state index in [9.17, 15) is 18.7 Å². The molecule has 2 aliphatic rings. The molecule has 0 radical (unpaired) electrons. The summed E-state index contributed by atoms with van der Waals surface area (Å²) in [4.78, 5) is 14.5. The highest BCUT2D eigenvalue weighted by molar-refractivity contribution is 8.26. The first kappa shape index (κ1) is 17.7. The summed E-state index contributed by atoms with van der Waals surface area (Å²) in [5.74, 6) is -0.344. The number of halogens is 2. The number of phenols is 1. The third-order valence-electron chi connectivity index (χ3n) is 3.85. The van der Waals surface area contributed by atoms with Crippen molar-refractivity contribution in [1.82, 2.24) is 4.90 Å². The molecule has 1 fully saturated rings. The van der Waals surface area contributed by atoms with Crippen molar-refractivity contribution in [2.45, 2.75) is 12.8 Å². The summed E-state index contributed by atoms with van der Waals surface area (Å²) in [5.41, 5.74) is 1.24. The maximum atomic E-state index is 13.1. The van der Waals surface area contributed by atoms with Crippen LogP contribution in [0.3, 0.4) is 0 Å². The molecule has 0 bridgehead atoms. The third kappa shape index (κ3) is 3.60. The Morgan fingerprint density at radius 2 is 1.96 bits per heavy atom. The molecule has 138 valence electrons. The summed E-state index contributed by atoms with van der Waals surface area (Å²) in [5, 5.41) is 9.53. The van der Waals surface area contributed by atoms with Crippen LogP contribution < -0.4 is 9.47 Å². The Morgan fingerprint density at radius 1 is 1.19 bits per heavy atom. The van der Waals surface area contributed by atoms with Crippen LogP contribution in [0.4, 0.5) is 8.78 Å². The molecule has 0 spiro atoms. The molecule has 5 nitrogen and oxygen atoms in total. The summed E-state index contributed by atoms with van der Waals surface area (Å²) in [6.07, 6.45) is -2.05. The molecule has 0 aromatic heterocycles. The van der Waals surface area contributed by atoms with Gasteiger partial charge in [0.1, 0.15) is 10.1 Å². The first-order chi connectivity index (χ1) is 12.8. The Morgan fingerprint density at radius 3 is 2.74 bits per heavy atom. The number of amides is 1. The average molecular weight is 407 g/mol. The van der Waals surface area contributed by atoms with E-state index in [2.05, 4.69) is 9.47 Å². The first-order valence-electron chi connectivity index (χ1n) is 7.74. The van der Waals surface area contributed by atoms with Crippen LogP contribution in [0.5, 0.6) is 17.2 Å². The SMILES string of the molecule is O=C1C(=Cc2cccc(O)c2)SC(=S)N1Cc1ccc2c(c1)OC(F)(F)O2. The van der Waals surface area contributed by atoms with Gasteiger partial charge in [-0.25, -0.2) is 0 Å². The maximum absolute atomic E-state index is 13.1. The van der Waals surface area contributed by atoms with E-state index in [0.29, 0.717) is 20.4 Å². The van der Waals surface area contributed by atoms with Gasteiger partial charge >= 0.3 is 6.29 Å². The Balaban J connectivity index is 1.54. The molecule has 1 N–H and O–H groups in total. The number of aromatic hydroxyl groups is 1. The minimum Gasteiger partial charge on any atom is -0.508 e. The van der Waals surface area contributed by atoms with Crippen LogP contribution in [-0.2, 0) is 11.3 Å². The fraction of sp³-hybridized carbons (Fsp3) is 0.111. The van der Waals surface area contributed by atoms with E-state index in [4.69, 9.17) is 12.2 Å². The van der Waals surface area contributed by atoms with E-state index in [1.165, 1.54) is 29.2 Å². The Bertz CT molecular complexity index is 993. The van der Waals surface area contributed by atoms with Crippen LogP contribution in [0.15, 0.2) is 47.4 Å². The number of thioether (sulfide) groups is 1. The van der Waals surface area contributed by atoms with Gasteiger partial charge in [-0.1, -0.05) is 42.2 Å². The van der Waals surface area contributed by atoms with Gasteiger partial charge in [0.25, 0.3) is 5.91 Å². The number of thiocarbonyl (C=S) groups is 1. The van der Waals surface area contributed by atoms with Crippen LogP contribution >= 0.6 is 24.0 Å². The lowest BCUT2D eigenvalue weighted by molar-refractivity contribution is -0.286. The first-order valence-corrected chi connectivity index (χ1v) is 8.96. The van der Waals surface area contributed by atoms with E-state index in [1.807, 2.05) is 0 Å². The lowest BCUT2D eigenvalue weighted by Crippen LogP contribution is -2.27. The predicted octanol–water partition coefficient (Wildman–Crippen LogP) is 4.12. The number of ether oxygens (including phenoxy) is 2. The van der Waals surface area contributed by atoms with Gasteiger partial charge in [-0.15, -0.1) is 8.78 Å². The zero-order valence-electron chi connectivity index (χ0n) is 13.5. The number of carbonyl (C=O) groups excluding carboxylic acids is 1. The quantitative estimate of drug-likeness (QED) is 0.610. The highest BCUT2D eigenvalue weighted by Gasteiger charge is 2.43. The molecular weight excluding hydrogens is 396 g/mol. The minimum atomic E-state index is -3.69. The number of nitrogens with zero attached hydrogens (tertiary/aromatic N) is 1. The van der Waals surface area contributed by atoms with Crippen molar-refractivity contribution in [1.29, 1.82) is 0 Å². The fourth-order valence-corrected chi connectivity index (χ4v) is 3.93. The normalized spacial score (nSPS) is 19.2. The molecule has 2 aromatic rings. The van der Waals surface area contributed by atoms with Gasteiger partial charge in [-0.2, -0.15) is 0 Å². The number of carbonyl (C=O) groups is 1. The molecule has 2 heterocycles. The van der Waals surface area contributed by atoms with Crippen molar-refractivity contribution in [2.24, 2.45) is 0 Å². The molecule has 0 unspecified atom stereocenters. The number of phenolic OH excluding ortho intramolecular Hbond substituents is 1. The smallest absolute Gasteiger partial charge is 0.508 e. The number of benzene rings is 2. The molecule has 1 amide bonds. The molecule has 27 heavy (non-hydrogen) atoms. The van der Waals surface area contributed by atoms with Crippen LogP contribution in [0, 0.1) is 0 Å². The molecule has 2 aliphatic heterocycles. The highest BCUT2D eigenvalue weighted by Crippen LogP contribution is 2.42. The summed E-state index contributed by atoms with van der Waals surface area (Å²) in [7, 11) is 0. The standard InChI is InChI=1S/C18H11F2NO4S2/c19-18(20)24-13-5-4-11(7-14(13)25-18)9-21-16(23)15(27-17(21)26)8-10-2-1-3-12(22)6-10/h1-8,22H,9H2. The van der Waals surface area contributed by atoms with Crippen LogP contribution in [-0.4, -0.2) is 26.5 Å². The molecule has 2 aromatic carbocycles. The van der Waals surface area contributed by atoms with Crippen molar-refractivity contribution in [2.75, 3.05) is 0 Å². The third-order valence-corrected chi connectivity index (χ3v) is 5.23. The minimum absolute atomic E-state index is 0.0575. The van der Waals surface area contributed by atoms with Crippen molar-refractivity contribution < 1.29 is 28.2 Å². The van der Waals surface area contributed by atoms with Gasteiger partial charge < -0.3 is 14.6 Å². The monoisotopic (exact) mass is 407 g/mol. The fourth-order valence-electron chi connectivity index (χ4n) is 2.68. The second-order valence-corrected chi connectivity index (χ2v) is 7.49. The Hall–Kier alpha value is -2.65. The van der Waals surface area contributed by atoms with Gasteiger partial charge in [0.2, 0.25) is 0 Å². The zero-order chi connectivity index (χ0) is 19.2. The maximum Gasteiger partial charge on any atom is 0.586 e. The van der Waals surface area contributed by atoms with Crippen LogP contribution in [0.2, 0.25) is 0 Å². The number of hydrogen-bond donors (Lipinski definition) is 1. The topological polar surface area (TPSA) is 59.0 Å². The predicted molar refractivity (Wildman–Crippen MR) is 99.5 cm³/mol. The van der Waals surface area contributed by atoms with Crippen molar-refractivity contribution in [3.63, 3.8) is 0 Å². The molecule has 1 saturated heterocycles. The van der Waals surface area contributed by atoms with E-state index in [-0.39, 0.29) is 29.7 Å². The molecule has 0 saturated carbocycles. The van der Waals surface area contributed by atoms with E-state index < -0.39 is 6.29 Å². The van der Waals surface area contributed by atoms with E-state index in [0.717, 1.165) is 11.8 Å². The molecule has 4 rings (SSSR count). The van der Waals surface area contributed by atoms with Crippen LogP contribution in [0.1, 0.15) is 11.1 Å². The van der Waals surface area contributed by atoms with Gasteiger partial charge in [0, 0.05) is 0 Å². The van der Waals surface area contributed by atoms with Crippen molar-refractivity contribution in [3.8, 4) is 17.2 Å².